The molecule has 0 aromatic carbocycles. The first kappa shape index (κ1) is 12.8. The first-order valence-corrected chi connectivity index (χ1v) is 7.19. The number of aromatic nitrogens is 3. The molecule has 6 heteroatoms. The van der Waals surface area contributed by atoms with Crippen molar-refractivity contribution in [2.24, 2.45) is 0 Å². The number of pyridine rings is 1. The minimum atomic E-state index is 0.476. The molecule has 20 heavy (non-hydrogen) atoms. The molecule has 0 spiro atoms. The first-order chi connectivity index (χ1) is 9.76. The number of hydrogen-bond acceptors (Lipinski definition) is 6. The molecule has 0 fully saturated rings. The molecule has 0 aliphatic carbocycles. The van der Waals surface area contributed by atoms with E-state index in [1.807, 2.05) is 24.3 Å². The van der Waals surface area contributed by atoms with Crippen molar-refractivity contribution in [3.63, 3.8) is 0 Å². The Morgan fingerprint density at radius 1 is 1.35 bits per heavy atom. The van der Waals surface area contributed by atoms with Crippen molar-refractivity contribution in [1.29, 1.82) is 0 Å². The van der Waals surface area contributed by atoms with E-state index in [1.165, 1.54) is 4.88 Å². The van der Waals surface area contributed by atoms with E-state index >= 15 is 0 Å². The molecule has 0 saturated heterocycles. The average molecular weight is 286 g/mol. The van der Waals surface area contributed by atoms with Gasteiger partial charge in [-0.3, -0.25) is 4.98 Å². The fraction of sp³-hybridized carbons (Fsp3) is 0.214. The van der Waals surface area contributed by atoms with Crippen molar-refractivity contribution < 1.29 is 4.52 Å². The summed E-state index contributed by atoms with van der Waals surface area (Å²) in [5, 5.41) is 4.70. The van der Waals surface area contributed by atoms with E-state index in [4.69, 9.17) is 10.3 Å². The second kappa shape index (κ2) is 5.42. The van der Waals surface area contributed by atoms with Crippen LogP contribution in [0.15, 0.2) is 35.0 Å². The molecule has 0 radical (unpaired) electrons. The van der Waals surface area contributed by atoms with Crippen LogP contribution in [0, 0.1) is 0 Å². The minimum absolute atomic E-state index is 0.476. The van der Waals surface area contributed by atoms with Gasteiger partial charge in [0.05, 0.1) is 17.0 Å². The highest BCUT2D eigenvalue weighted by Gasteiger charge is 2.15. The Labute approximate surface area is 120 Å². The van der Waals surface area contributed by atoms with Gasteiger partial charge in [-0.05, 0) is 24.6 Å². The summed E-state index contributed by atoms with van der Waals surface area (Å²) in [6.07, 6.45) is 3.25. The smallest absolute Gasteiger partial charge is 0.260 e. The number of aryl methyl sites for hydroxylation is 1. The van der Waals surface area contributed by atoms with Crippen LogP contribution in [0.25, 0.3) is 11.5 Å². The maximum Gasteiger partial charge on any atom is 0.260 e. The Kier molecular flexibility index (Phi) is 3.47. The van der Waals surface area contributed by atoms with Gasteiger partial charge in [0, 0.05) is 16.8 Å². The molecule has 2 N–H and O–H groups in total. The number of nitrogen functional groups attached to an aromatic ring is 1. The van der Waals surface area contributed by atoms with E-state index in [-0.39, 0.29) is 0 Å². The highest BCUT2D eigenvalue weighted by atomic mass is 32.1. The van der Waals surface area contributed by atoms with Gasteiger partial charge in [-0.15, -0.1) is 11.3 Å². The Hall–Kier alpha value is -2.21. The summed E-state index contributed by atoms with van der Waals surface area (Å²) in [4.78, 5) is 9.85. The summed E-state index contributed by atoms with van der Waals surface area (Å²) < 4.78 is 5.30. The van der Waals surface area contributed by atoms with Gasteiger partial charge in [0.15, 0.2) is 5.82 Å². The summed E-state index contributed by atoms with van der Waals surface area (Å²) in [5.74, 6) is 1.09. The van der Waals surface area contributed by atoms with Crippen LogP contribution in [-0.2, 0) is 12.8 Å². The Bertz CT molecular complexity index is 705. The number of hydrogen-bond donors (Lipinski definition) is 1. The second-order valence-electron chi connectivity index (χ2n) is 4.36. The fourth-order valence-corrected chi connectivity index (χ4v) is 2.76. The molecule has 3 aromatic heterocycles. The van der Waals surface area contributed by atoms with Gasteiger partial charge in [0.2, 0.25) is 0 Å². The van der Waals surface area contributed by atoms with E-state index in [0.717, 1.165) is 22.7 Å². The van der Waals surface area contributed by atoms with Gasteiger partial charge in [-0.25, -0.2) is 0 Å². The molecule has 0 bridgehead atoms. The van der Waals surface area contributed by atoms with Gasteiger partial charge in [0.25, 0.3) is 5.89 Å². The van der Waals surface area contributed by atoms with Crippen molar-refractivity contribution in [3.8, 4) is 11.5 Å². The summed E-state index contributed by atoms with van der Waals surface area (Å²) in [6, 6.07) is 7.76. The van der Waals surface area contributed by atoms with Crippen molar-refractivity contribution in [2.45, 2.75) is 19.8 Å². The van der Waals surface area contributed by atoms with Crippen molar-refractivity contribution in [3.05, 3.63) is 46.9 Å². The van der Waals surface area contributed by atoms with Crippen LogP contribution in [0.5, 0.6) is 0 Å². The van der Waals surface area contributed by atoms with Gasteiger partial charge in [-0.1, -0.05) is 18.1 Å². The summed E-state index contributed by atoms with van der Waals surface area (Å²) in [5.41, 5.74) is 7.72. The molecule has 0 atom stereocenters. The fourth-order valence-electron chi connectivity index (χ4n) is 1.90. The van der Waals surface area contributed by atoms with Crippen LogP contribution in [0.1, 0.15) is 23.3 Å². The van der Waals surface area contributed by atoms with E-state index in [9.17, 15) is 0 Å². The summed E-state index contributed by atoms with van der Waals surface area (Å²) in [7, 11) is 0. The summed E-state index contributed by atoms with van der Waals surface area (Å²) >= 11 is 1.56. The molecular weight excluding hydrogens is 272 g/mol. The zero-order valence-electron chi connectivity index (χ0n) is 11.0. The lowest BCUT2D eigenvalue weighted by atomic mass is 10.2. The van der Waals surface area contributed by atoms with E-state index in [1.54, 1.807) is 17.5 Å². The van der Waals surface area contributed by atoms with E-state index in [2.05, 4.69) is 22.0 Å². The summed E-state index contributed by atoms with van der Waals surface area (Å²) in [6.45, 7) is 2.09. The van der Waals surface area contributed by atoms with Crippen molar-refractivity contribution in [2.75, 3.05) is 5.73 Å². The molecule has 0 saturated carbocycles. The lowest BCUT2D eigenvalue weighted by Crippen LogP contribution is -1.93. The number of nitrogens with two attached hydrogens (primary N) is 1. The average Bonchev–Trinajstić information content (AvgIpc) is 3.06. The number of thiophene rings is 1. The number of rotatable bonds is 4. The van der Waals surface area contributed by atoms with Crippen LogP contribution in [0.2, 0.25) is 0 Å². The van der Waals surface area contributed by atoms with E-state index < -0.39 is 0 Å². The predicted molar refractivity (Wildman–Crippen MR) is 78.4 cm³/mol. The monoisotopic (exact) mass is 286 g/mol. The molecule has 0 aliphatic rings. The van der Waals surface area contributed by atoms with Gasteiger partial charge >= 0.3 is 0 Å². The molecule has 0 amide bonds. The minimum Gasteiger partial charge on any atom is -0.390 e. The van der Waals surface area contributed by atoms with Crippen molar-refractivity contribution in [1.82, 2.24) is 15.1 Å². The predicted octanol–water partition coefficient (Wildman–Crippen LogP) is 2.93. The molecule has 0 aliphatic heterocycles. The Morgan fingerprint density at radius 2 is 2.25 bits per heavy atom. The molecular formula is C14H14N4OS. The number of nitrogens with zero attached hydrogens (tertiary/aromatic N) is 3. The third kappa shape index (κ3) is 2.55. The van der Waals surface area contributed by atoms with Gasteiger partial charge < -0.3 is 10.3 Å². The molecule has 0 unspecified atom stereocenters. The zero-order valence-corrected chi connectivity index (χ0v) is 11.9. The molecule has 102 valence electrons. The highest BCUT2D eigenvalue weighted by molar-refractivity contribution is 7.16. The molecule has 3 heterocycles. The quantitative estimate of drug-likeness (QED) is 0.797. The largest absolute Gasteiger partial charge is 0.390 e. The molecule has 3 rings (SSSR count). The number of anilines is 1. The normalized spacial score (nSPS) is 10.8. The Balaban J connectivity index is 1.84. The maximum absolute atomic E-state index is 5.99. The Morgan fingerprint density at radius 3 is 2.95 bits per heavy atom. The second-order valence-corrected chi connectivity index (χ2v) is 5.53. The van der Waals surface area contributed by atoms with Crippen molar-refractivity contribution >= 4 is 16.3 Å². The standard InChI is InChI=1S/C14H14N4OS/c1-2-10-8-11(13(15)20-10)14-17-12(18-19-14)7-9-5-3-4-6-16-9/h3-6,8H,2,7,15H2,1H3. The molecule has 3 aromatic rings. The lowest BCUT2D eigenvalue weighted by molar-refractivity contribution is 0.424. The lowest BCUT2D eigenvalue weighted by Gasteiger charge is -1.93. The third-order valence-corrected chi connectivity index (χ3v) is 4.03. The highest BCUT2D eigenvalue weighted by Crippen LogP contribution is 2.33. The zero-order chi connectivity index (χ0) is 13.9. The first-order valence-electron chi connectivity index (χ1n) is 6.37. The van der Waals surface area contributed by atoms with Crippen LogP contribution >= 0.6 is 11.3 Å². The van der Waals surface area contributed by atoms with Crippen LogP contribution in [0.3, 0.4) is 0 Å². The SMILES string of the molecule is CCc1cc(-c2nc(Cc3ccccn3)no2)c(N)s1. The van der Waals surface area contributed by atoms with Crippen LogP contribution in [0.4, 0.5) is 5.00 Å². The van der Waals surface area contributed by atoms with Gasteiger partial charge in [-0.2, -0.15) is 4.98 Å². The topological polar surface area (TPSA) is 77.8 Å². The van der Waals surface area contributed by atoms with Gasteiger partial charge in [0.1, 0.15) is 0 Å². The third-order valence-electron chi connectivity index (χ3n) is 2.92. The van der Waals surface area contributed by atoms with Crippen LogP contribution < -0.4 is 5.73 Å². The van der Waals surface area contributed by atoms with Crippen LogP contribution in [-0.4, -0.2) is 15.1 Å². The van der Waals surface area contributed by atoms with E-state index in [0.29, 0.717) is 18.1 Å². The maximum atomic E-state index is 5.99. The molecule has 5 nitrogen and oxygen atoms in total.